The van der Waals surface area contributed by atoms with Gasteiger partial charge in [0, 0.05) is 31.3 Å². The maximum Gasteiger partial charge on any atom is 0.118 e. The lowest BCUT2D eigenvalue weighted by atomic mass is 10.1. The van der Waals surface area contributed by atoms with Crippen molar-refractivity contribution in [2.45, 2.75) is 45.6 Å². The molecule has 2 aromatic heterocycles. The summed E-state index contributed by atoms with van der Waals surface area (Å²) in [5, 5.41) is 14.1. The minimum Gasteiger partial charge on any atom is -0.469 e. The lowest BCUT2D eigenvalue weighted by Gasteiger charge is -2.19. The summed E-state index contributed by atoms with van der Waals surface area (Å²) in [5.74, 6) is 1.01. The van der Waals surface area contributed by atoms with Gasteiger partial charge >= 0.3 is 0 Å². The highest BCUT2D eigenvalue weighted by Gasteiger charge is 2.10. The fourth-order valence-corrected chi connectivity index (χ4v) is 2.56. The molecule has 0 saturated carbocycles. The first kappa shape index (κ1) is 14.2. The van der Waals surface area contributed by atoms with Crippen LogP contribution in [0, 0.1) is 0 Å². The van der Waals surface area contributed by atoms with E-state index in [1.807, 2.05) is 12.1 Å². The van der Waals surface area contributed by atoms with E-state index in [9.17, 15) is 0 Å². The fraction of sp³-hybridized carbons (Fsp3) is 0.571. The van der Waals surface area contributed by atoms with Crippen LogP contribution in [0.4, 0.5) is 0 Å². The van der Waals surface area contributed by atoms with Crippen molar-refractivity contribution in [1.29, 1.82) is 0 Å². The zero-order valence-corrected chi connectivity index (χ0v) is 12.6. The zero-order valence-electron chi connectivity index (χ0n) is 11.8. The molecule has 0 unspecified atom stereocenters. The third kappa shape index (κ3) is 5.12. The summed E-state index contributed by atoms with van der Waals surface area (Å²) in [4.78, 5) is 0. The van der Waals surface area contributed by atoms with E-state index in [-0.39, 0.29) is 5.54 Å². The molecule has 0 fully saturated rings. The van der Waals surface area contributed by atoms with Gasteiger partial charge in [0.05, 0.1) is 6.26 Å². The molecule has 0 aromatic carbocycles. The molecule has 104 valence electrons. The van der Waals surface area contributed by atoms with Crippen molar-refractivity contribution in [3.8, 4) is 0 Å². The molecule has 0 aliphatic carbocycles. The van der Waals surface area contributed by atoms with Gasteiger partial charge < -0.3 is 9.73 Å². The van der Waals surface area contributed by atoms with Crippen molar-refractivity contribution < 1.29 is 4.42 Å². The maximum absolute atomic E-state index is 5.31. The van der Waals surface area contributed by atoms with Crippen LogP contribution in [0.1, 0.15) is 36.5 Å². The Kier molecular flexibility index (Phi) is 4.71. The molecule has 0 aliphatic rings. The number of furan rings is 1. The Morgan fingerprint density at radius 1 is 1.16 bits per heavy atom. The SMILES string of the molecule is CC(C)(C)NCCc1nnc(CCc2ccco2)s1. The molecule has 0 atom stereocenters. The number of aryl methyl sites for hydroxylation is 2. The second-order valence-electron chi connectivity index (χ2n) is 5.60. The van der Waals surface area contributed by atoms with Crippen LogP contribution >= 0.6 is 11.3 Å². The molecule has 0 amide bonds. The van der Waals surface area contributed by atoms with Gasteiger partial charge in [-0.1, -0.05) is 0 Å². The van der Waals surface area contributed by atoms with Gasteiger partial charge in [0.15, 0.2) is 0 Å². The molecule has 4 nitrogen and oxygen atoms in total. The van der Waals surface area contributed by atoms with E-state index in [0.717, 1.165) is 41.6 Å². The summed E-state index contributed by atoms with van der Waals surface area (Å²) in [6, 6.07) is 3.91. The van der Waals surface area contributed by atoms with Crippen molar-refractivity contribution in [2.75, 3.05) is 6.54 Å². The number of aromatic nitrogens is 2. The predicted octanol–water partition coefficient (Wildman–Crippen LogP) is 2.85. The minimum absolute atomic E-state index is 0.160. The molecule has 0 saturated heterocycles. The second-order valence-corrected chi connectivity index (χ2v) is 6.74. The molecule has 19 heavy (non-hydrogen) atoms. The molecule has 2 aromatic rings. The first-order valence-electron chi connectivity index (χ1n) is 6.61. The standard InChI is InChI=1S/C14H21N3OS/c1-14(2,3)15-9-8-13-17-16-12(19-13)7-6-11-5-4-10-18-11/h4-5,10,15H,6-9H2,1-3H3. The lowest BCUT2D eigenvalue weighted by molar-refractivity contribution is 0.429. The molecule has 0 spiro atoms. The average Bonchev–Trinajstić information content (AvgIpc) is 2.94. The Hall–Kier alpha value is -1.20. The molecule has 2 rings (SSSR count). The van der Waals surface area contributed by atoms with Crippen LogP contribution < -0.4 is 5.32 Å². The monoisotopic (exact) mass is 279 g/mol. The predicted molar refractivity (Wildman–Crippen MR) is 77.5 cm³/mol. The van der Waals surface area contributed by atoms with Crippen LogP contribution in [0.3, 0.4) is 0 Å². The number of nitrogens with zero attached hydrogens (tertiary/aromatic N) is 2. The van der Waals surface area contributed by atoms with Crippen LogP contribution in [0.15, 0.2) is 22.8 Å². The topological polar surface area (TPSA) is 51.0 Å². The van der Waals surface area contributed by atoms with Gasteiger partial charge in [0.1, 0.15) is 15.8 Å². The Balaban J connectivity index is 1.75. The van der Waals surface area contributed by atoms with E-state index in [0.29, 0.717) is 0 Å². The van der Waals surface area contributed by atoms with Gasteiger partial charge in [-0.25, -0.2) is 0 Å². The van der Waals surface area contributed by atoms with E-state index in [1.165, 1.54) is 0 Å². The Bertz CT molecular complexity index is 485. The Labute approximate surface area is 118 Å². The summed E-state index contributed by atoms with van der Waals surface area (Å²) in [7, 11) is 0. The van der Waals surface area contributed by atoms with Crippen molar-refractivity contribution in [3.63, 3.8) is 0 Å². The van der Waals surface area contributed by atoms with Crippen LogP contribution in [0.2, 0.25) is 0 Å². The molecular formula is C14H21N3OS. The molecular weight excluding hydrogens is 258 g/mol. The van der Waals surface area contributed by atoms with E-state index >= 15 is 0 Å². The number of hydrogen-bond donors (Lipinski definition) is 1. The molecule has 0 aliphatic heterocycles. The first-order valence-corrected chi connectivity index (χ1v) is 7.43. The number of rotatable bonds is 6. The van der Waals surface area contributed by atoms with E-state index in [2.05, 4.69) is 36.3 Å². The van der Waals surface area contributed by atoms with E-state index in [1.54, 1.807) is 17.6 Å². The largest absolute Gasteiger partial charge is 0.469 e. The summed E-state index contributed by atoms with van der Waals surface area (Å²) < 4.78 is 5.31. The molecule has 5 heteroatoms. The average molecular weight is 279 g/mol. The smallest absolute Gasteiger partial charge is 0.118 e. The maximum atomic E-state index is 5.31. The van der Waals surface area contributed by atoms with Gasteiger partial charge in [-0.2, -0.15) is 0 Å². The van der Waals surface area contributed by atoms with E-state index < -0.39 is 0 Å². The summed E-state index contributed by atoms with van der Waals surface area (Å²) in [6.07, 6.45) is 4.44. The Morgan fingerprint density at radius 2 is 1.89 bits per heavy atom. The number of hydrogen-bond acceptors (Lipinski definition) is 5. The van der Waals surface area contributed by atoms with Gasteiger partial charge in [0.25, 0.3) is 0 Å². The van der Waals surface area contributed by atoms with Crippen LogP contribution in [-0.2, 0) is 19.3 Å². The quantitative estimate of drug-likeness (QED) is 0.883. The zero-order chi connectivity index (χ0) is 13.7. The van der Waals surface area contributed by atoms with Crippen LogP contribution in [0.5, 0.6) is 0 Å². The normalized spacial score (nSPS) is 11.9. The minimum atomic E-state index is 0.160. The van der Waals surface area contributed by atoms with Crippen LogP contribution in [0.25, 0.3) is 0 Å². The first-order chi connectivity index (χ1) is 9.03. The fourth-order valence-electron chi connectivity index (χ4n) is 1.72. The molecule has 2 heterocycles. The van der Waals surface area contributed by atoms with Gasteiger partial charge in [-0.15, -0.1) is 21.5 Å². The van der Waals surface area contributed by atoms with Crippen molar-refractivity contribution in [2.24, 2.45) is 0 Å². The molecule has 0 radical (unpaired) electrons. The second kappa shape index (κ2) is 6.30. The van der Waals surface area contributed by atoms with Crippen molar-refractivity contribution in [3.05, 3.63) is 34.2 Å². The third-order valence-electron chi connectivity index (χ3n) is 2.67. The third-order valence-corrected chi connectivity index (χ3v) is 3.71. The highest BCUT2D eigenvalue weighted by atomic mass is 32.1. The lowest BCUT2D eigenvalue weighted by Crippen LogP contribution is -2.37. The van der Waals surface area contributed by atoms with E-state index in [4.69, 9.17) is 4.42 Å². The molecule has 1 N–H and O–H groups in total. The summed E-state index contributed by atoms with van der Waals surface area (Å²) >= 11 is 1.70. The van der Waals surface area contributed by atoms with Gasteiger partial charge in [0.2, 0.25) is 0 Å². The molecule has 0 bridgehead atoms. The highest BCUT2D eigenvalue weighted by Crippen LogP contribution is 2.13. The number of nitrogens with one attached hydrogen (secondary N) is 1. The van der Waals surface area contributed by atoms with Crippen molar-refractivity contribution >= 4 is 11.3 Å². The summed E-state index contributed by atoms with van der Waals surface area (Å²) in [6.45, 7) is 7.45. The van der Waals surface area contributed by atoms with Gasteiger partial charge in [-0.3, -0.25) is 0 Å². The Morgan fingerprint density at radius 3 is 2.53 bits per heavy atom. The van der Waals surface area contributed by atoms with Crippen molar-refractivity contribution in [1.82, 2.24) is 15.5 Å². The van der Waals surface area contributed by atoms with Crippen LogP contribution in [-0.4, -0.2) is 22.3 Å². The summed E-state index contributed by atoms with van der Waals surface area (Å²) in [5.41, 5.74) is 0.160. The van der Waals surface area contributed by atoms with Gasteiger partial charge in [-0.05, 0) is 32.9 Å². The highest BCUT2D eigenvalue weighted by molar-refractivity contribution is 7.11.